The number of nitrogens with two attached hydrogens (primary N) is 1. The quantitative estimate of drug-likeness (QED) is 0.560. The smallest absolute Gasteiger partial charge is 0.262 e. The zero-order valence-corrected chi connectivity index (χ0v) is 19.3. The number of sulfonamides is 1. The van der Waals surface area contributed by atoms with Crippen LogP contribution in [-0.2, 0) is 19.6 Å². The van der Waals surface area contributed by atoms with E-state index in [-0.39, 0.29) is 41.9 Å². The molecule has 178 valence electrons. The molecule has 1 heterocycles. The Kier molecular flexibility index (Phi) is 7.90. The minimum Gasteiger partial charge on any atom is -0.489 e. The molecule has 0 atom stereocenters. The highest BCUT2D eigenvalue weighted by atomic mass is 32.2. The first-order valence-electron chi connectivity index (χ1n) is 10.4. The van der Waals surface area contributed by atoms with Crippen molar-refractivity contribution in [2.75, 3.05) is 38.2 Å². The van der Waals surface area contributed by atoms with Gasteiger partial charge in [-0.2, -0.15) is 4.31 Å². The van der Waals surface area contributed by atoms with E-state index < -0.39 is 21.8 Å². The lowest BCUT2D eigenvalue weighted by atomic mass is 10.2. The summed E-state index contributed by atoms with van der Waals surface area (Å²) >= 11 is 0. The third-order valence-electron chi connectivity index (χ3n) is 4.68. The third-order valence-corrected chi connectivity index (χ3v) is 6.58. The highest BCUT2D eigenvalue weighted by Crippen LogP contribution is 2.30. The lowest BCUT2D eigenvalue weighted by Crippen LogP contribution is -2.40. The van der Waals surface area contributed by atoms with Gasteiger partial charge in [0.15, 0.2) is 6.61 Å². The predicted molar refractivity (Wildman–Crippen MR) is 121 cm³/mol. The van der Waals surface area contributed by atoms with Crippen LogP contribution in [-0.4, -0.2) is 63.6 Å². The Morgan fingerprint density at radius 2 is 1.88 bits per heavy atom. The maximum Gasteiger partial charge on any atom is 0.262 e. The summed E-state index contributed by atoms with van der Waals surface area (Å²) < 4.78 is 43.8. The largest absolute Gasteiger partial charge is 0.489 e. The normalized spacial score (nSPS) is 14.6. The van der Waals surface area contributed by atoms with Gasteiger partial charge in [0.25, 0.3) is 5.91 Å². The summed E-state index contributed by atoms with van der Waals surface area (Å²) in [6.45, 7) is 4.43. The summed E-state index contributed by atoms with van der Waals surface area (Å²) in [7, 11) is -3.76. The lowest BCUT2D eigenvalue weighted by molar-refractivity contribution is -0.118. The number of anilines is 1. The van der Waals surface area contributed by atoms with E-state index in [1.165, 1.54) is 34.6 Å². The Bertz CT molecular complexity index is 1110. The minimum absolute atomic E-state index is 0.0332. The topological polar surface area (TPSA) is 137 Å². The van der Waals surface area contributed by atoms with Crippen LogP contribution < -0.4 is 20.5 Å². The molecule has 11 heteroatoms. The first-order chi connectivity index (χ1) is 15.7. The van der Waals surface area contributed by atoms with E-state index in [9.17, 15) is 18.0 Å². The van der Waals surface area contributed by atoms with Crippen LogP contribution in [0.5, 0.6) is 11.5 Å². The summed E-state index contributed by atoms with van der Waals surface area (Å²) in [5, 5.41) is 2.65. The standard InChI is InChI=1S/C22H27N3O7S/c1-15(2)32-20-7-6-18(33(28,29)25-8-10-30-11-9-25)13-19(20)24-21(26)14-31-17-5-3-4-16(12-17)22(23)27/h3-7,12-13,15H,8-11,14H2,1-2H3,(H2,23,27)(H,24,26). The second-order valence-electron chi connectivity index (χ2n) is 7.57. The summed E-state index contributed by atoms with van der Waals surface area (Å²) in [4.78, 5) is 23.9. The molecule has 0 unspecified atom stereocenters. The zero-order chi connectivity index (χ0) is 24.0. The molecule has 1 aliphatic heterocycles. The van der Waals surface area contributed by atoms with Crippen molar-refractivity contribution in [3.05, 3.63) is 48.0 Å². The number of ether oxygens (including phenoxy) is 3. The average Bonchev–Trinajstić information content (AvgIpc) is 2.79. The molecule has 3 N–H and O–H groups in total. The van der Waals surface area contributed by atoms with Crippen molar-refractivity contribution in [2.45, 2.75) is 24.8 Å². The first kappa shape index (κ1) is 24.5. The van der Waals surface area contributed by atoms with Crippen LogP contribution in [0.1, 0.15) is 24.2 Å². The van der Waals surface area contributed by atoms with Crippen molar-refractivity contribution >= 4 is 27.5 Å². The zero-order valence-electron chi connectivity index (χ0n) is 18.4. The molecule has 0 radical (unpaired) electrons. The predicted octanol–water partition coefficient (Wildman–Crippen LogP) is 1.61. The van der Waals surface area contributed by atoms with Gasteiger partial charge in [0.1, 0.15) is 11.5 Å². The van der Waals surface area contributed by atoms with E-state index in [0.29, 0.717) is 24.7 Å². The molecule has 1 fully saturated rings. The van der Waals surface area contributed by atoms with E-state index in [1.54, 1.807) is 12.1 Å². The van der Waals surface area contributed by atoms with Gasteiger partial charge in [0.2, 0.25) is 15.9 Å². The van der Waals surface area contributed by atoms with Crippen LogP contribution in [0.2, 0.25) is 0 Å². The molecule has 10 nitrogen and oxygen atoms in total. The van der Waals surface area contributed by atoms with Crippen LogP contribution in [0, 0.1) is 0 Å². The van der Waals surface area contributed by atoms with Crippen molar-refractivity contribution in [1.82, 2.24) is 4.31 Å². The maximum absolute atomic E-state index is 13.0. The number of carbonyl (C=O) groups excluding carboxylic acids is 2. The Morgan fingerprint density at radius 3 is 2.55 bits per heavy atom. The van der Waals surface area contributed by atoms with Gasteiger partial charge in [-0.05, 0) is 50.2 Å². The fourth-order valence-electron chi connectivity index (χ4n) is 3.13. The van der Waals surface area contributed by atoms with Gasteiger partial charge in [0, 0.05) is 18.7 Å². The van der Waals surface area contributed by atoms with Crippen LogP contribution in [0.15, 0.2) is 47.4 Å². The van der Waals surface area contributed by atoms with E-state index in [2.05, 4.69) is 5.32 Å². The highest BCUT2D eigenvalue weighted by molar-refractivity contribution is 7.89. The Balaban J connectivity index is 1.77. The van der Waals surface area contributed by atoms with Gasteiger partial charge < -0.3 is 25.3 Å². The van der Waals surface area contributed by atoms with Crippen LogP contribution in [0.3, 0.4) is 0 Å². The molecule has 2 aromatic rings. The van der Waals surface area contributed by atoms with Gasteiger partial charge in [-0.15, -0.1) is 0 Å². The maximum atomic E-state index is 13.0. The number of hydrogen-bond donors (Lipinski definition) is 2. The number of morpholine rings is 1. The number of primary amides is 1. The summed E-state index contributed by atoms with van der Waals surface area (Å²) in [6.07, 6.45) is -0.199. The van der Waals surface area contributed by atoms with E-state index >= 15 is 0 Å². The molecule has 0 aliphatic carbocycles. The van der Waals surface area contributed by atoms with Crippen LogP contribution in [0.25, 0.3) is 0 Å². The SMILES string of the molecule is CC(C)Oc1ccc(S(=O)(=O)N2CCOCC2)cc1NC(=O)COc1cccc(C(N)=O)c1. The molecule has 0 spiro atoms. The molecule has 33 heavy (non-hydrogen) atoms. The lowest BCUT2D eigenvalue weighted by Gasteiger charge is -2.26. The number of nitrogens with one attached hydrogen (secondary N) is 1. The van der Waals surface area contributed by atoms with E-state index in [4.69, 9.17) is 19.9 Å². The van der Waals surface area contributed by atoms with Gasteiger partial charge in [-0.3, -0.25) is 9.59 Å². The third kappa shape index (κ3) is 6.44. The number of hydrogen-bond acceptors (Lipinski definition) is 7. The van der Waals surface area contributed by atoms with Crippen molar-refractivity contribution in [2.24, 2.45) is 5.73 Å². The number of benzene rings is 2. The fourth-order valence-corrected chi connectivity index (χ4v) is 4.57. The summed E-state index contributed by atoms with van der Waals surface area (Å²) in [5.74, 6) is -0.522. The monoisotopic (exact) mass is 477 g/mol. The van der Waals surface area contributed by atoms with Gasteiger partial charge in [0.05, 0.1) is 29.9 Å². The van der Waals surface area contributed by atoms with Crippen molar-refractivity contribution in [1.29, 1.82) is 0 Å². The molecule has 1 saturated heterocycles. The molecule has 0 aromatic heterocycles. The molecule has 3 rings (SSSR count). The Labute approximate surface area is 192 Å². The van der Waals surface area contributed by atoms with Crippen molar-refractivity contribution in [3.8, 4) is 11.5 Å². The molecule has 0 saturated carbocycles. The molecular weight excluding hydrogens is 450 g/mol. The van der Waals surface area contributed by atoms with Gasteiger partial charge in [-0.1, -0.05) is 6.07 Å². The Morgan fingerprint density at radius 1 is 1.15 bits per heavy atom. The second-order valence-corrected chi connectivity index (χ2v) is 9.51. The average molecular weight is 478 g/mol. The van der Waals surface area contributed by atoms with E-state index in [1.807, 2.05) is 13.8 Å². The number of carbonyl (C=O) groups is 2. The van der Waals surface area contributed by atoms with Gasteiger partial charge >= 0.3 is 0 Å². The molecule has 1 aliphatic rings. The van der Waals surface area contributed by atoms with E-state index in [0.717, 1.165) is 0 Å². The fraction of sp³-hybridized carbons (Fsp3) is 0.364. The van der Waals surface area contributed by atoms with Gasteiger partial charge in [-0.25, -0.2) is 8.42 Å². The number of amides is 2. The molecular formula is C22H27N3O7S. The molecule has 2 amide bonds. The first-order valence-corrected chi connectivity index (χ1v) is 11.8. The number of nitrogens with zero attached hydrogens (tertiary/aromatic N) is 1. The van der Waals surface area contributed by atoms with Crippen LogP contribution in [0.4, 0.5) is 5.69 Å². The second kappa shape index (κ2) is 10.6. The van der Waals surface area contributed by atoms with Crippen LogP contribution >= 0.6 is 0 Å². The molecule has 0 bridgehead atoms. The minimum atomic E-state index is -3.76. The summed E-state index contributed by atoms with van der Waals surface area (Å²) in [5.41, 5.74) is 5.71. The number of rotatable bonds is 9. The van der Waals surface area contributed by atoms with Crippen molar-refractivity contribution < 1.29 is 32.2 Å². The Hall–Kier alpha value is -3.15. The highest BCUT2D eigenvalue weighted by Gasteiger charge is 2.27. The summed E-state index contributed by atoms with van der Waals surface area (Å²) in [6, 6.07) is 10.5. The molecule has 2 aromatic carbocycles. The van der Waals surface area contributed by atoms with Crippen molar-refractivity contribution in [3.63, 3.8) is 0 Å².